The molecule has 0 aliphatic carbocycles. The second-order valence-electron chi connectivity index (χ2n) is 18.2. The molecule has 0 aliphatic heterocycles. The standard InChI is InChI=1S/C50H94NO10P/c1-6-8-10-12-14-16-18-20-21-22-23-24-25-26-28-30-32-34-36-40-49(54)58-44-46(45-60-62(56,57)59-43-42-51(3,4)5)61-50(55)41-37-39-48(53)47(52)38-35-33-31-29-27-19-17-15-13-11-9-7-2/h15,17,27,29,33,35,46-48,52-53H,6-14,16,18-26,28,30-32,34,36-45H2,1-5H3/p+1/b17-15-,29-27-,35-33-/t46-,47?,48?/m1/s1. The van der Waals surface area contributed by atoms with Crippen molar-refractivity contribution in [2.75, 3.05) is 47.5 Å². The Morgan fingerprint density at radius 1 is 0.565 bits per heavy atom. The van der Waals surface area contributed by atoms with Gasteiger partial charge in [-0.1, -0.05) is 179 Å². The van der Waals surface area contributed by atoms with Crippen LogP contribution in [0.2, 0.25) is 0 Å². The van der Waals surface area contributed by atoms with E-state index in [2.05, 4.69) is 38.2 Å². The fourth-order valence-corrected chi connectivity index (χ4v) is 7.57. The van der Waals surface area contributed by atoms with Crippen molar-refractivity contribution in [1.29, 1.82) is 0 Å². The Bertz CT molecular complexity index is 1190. The lowest BCUT2D eigenvalue weighted by molar-refractivity contribution is -0.870. The zero-order chi connectivity index (χ0) is 46.0. The van der Waals surface area contributed by atoms with E-state index in [9.17, 15) is 29.3 Å². The van der Waals surface area contributed by atoms with Crippen molar-refractivity contribution in [3.63, 3.8) is 0 Å². The Hall–Kier alpha value is -1.85. The fraction of sp³-hybridized carbons (Fsp3) is 0.840. The number of carbonyl (C=O) groups excluding carboxylic acids is 2. The van der Waals surface area contributed by atoms with Gasteiger partial charge in [-0.3, -0.25) is 18.6 Å². The van der Waals surface area contributed by atoms with Crippen molar-refractivity contribution in [2.45, 2.75) is 225 Å². The predicted octanol–water partition coefficient (Wildman–Crippen LogP) is 12.4. The molecule has 0 aromatic carbocycles. The van der Waals surface area contributed by atoms with Crippen LogP contribution < -0.4 is 0 Å². The number of quaternary nitrogens is 1. The van der Waals surface area contributed by atoms with E-state index in [1.807, 2.05) is 33.3 Å². The molecule has 0 rings (SSSR count). The van der Waals surface area contributed by atoms with Crippen LogP contribution in [-0.4, -0.2) is 97.3 Å². The number of phosphoric acid groups is 1. The minimum absolute atomic E-state index is 0.0195. The Kier molecular flexibility index (Phi) is 40.6. The average molecular weight is 901 g/mol. The smallest absolute Gasteiger partial charge is 0.462 e. The zero-order valence-electron chi connectivity index (χ0n) is 40.3. The summed E-state index contributed by atoms with van der Waals surface area (Å²) >= 11 is 0. The number of esters is 2. The van der Waals surface area contributed by atoms with Crippen LogP contribution >= 0.6 is 7.82 Å². The summed E-state index contributed by atoms with van der Waals surface area (Å²) in [6.07, 6.45) is 40.8. The summed E-state index contributed by atoms with van der Waals surface area (Å²) in [6, 6.07) is 0. The first-order valence-electron chi connectivity index (χ1n) is 24.9. The molecule has 0 saturated carbocycles. The van der Waals surface area contributed by atoms with E-state index in [0.29, 0.717) is 23.9 Å². The Balaban J connectivity index is 4.48. The van der Waals surface area contributed by atoms with Crippen LogP contribution in [0.3, 0.4) is 0 Å². The number of aliphatic hydroxyl groups excluding tert-OH is 2. The van der Waals surface area contributed by atoms with Gasteiger partial charge in [-0.2, -0.15) is 0 Å². The predicted molar refractivity (Wildman–Crippen MR) is 255 cm³/mol. The van der Waals surface area contributed by atoms with Crippen molar-refractivity contribution in [1.82, 2.24) is 0 Å². The molecule has 62 heavy (non-hydrogen) atoms. The molecule has 0 spiro atoms. The summed E-state index contributed by atoms with van der Waals surface area (Å²) in [4.78, 5) is 35.5. The van der Waals surface area contributed by atoms with Gasteiger partial charge in [0.1, 0.15) is 19.8 Å². The number of phosphoric ester groups is 1. The van der Waals surface area contributed by atoms with Crippen LogP contribution in [0.4, 0.5) is 0 Å². The van der Waals surface area contributed by atoms with E-state index < -0.39 is 44.7 Å². The molecule has 0 saturated heterocycles. The van der Waals surface area contributed by atoms with Crippen molar-refractivity contribution < 1.29 is 52.3 Å². The van der Waals surface area contributed by atoms with Gasteiger partial charge in [0.2, 0.25) is 0 Å². The monoisotopic (exact) mass is 901 g/mol. The number of hydrogen-bond donors (Lipinski definition) is 3. The molecule has 0 aromatic rings. The lowest BCUT2D eigenvalue weighted by Crippen LogP contribution is -2.37. The highest BCUT2D eigenvalue weighted by Crippen LogP contribution is 2.43. The molecule has 3 unspecified atom stereocenters. The maximum absolute atomic E-state index is 12.8. The van der Waals surface area contributed by atoms with Gasteiger partial charge in [-0.05, 0) is 51.4 Å². The van der Waals surface area contributed by atoms with E-state index in [0.717, 1.165) is 38.5 Å². The molecule has 0 aliphatic rings. The number of rotatable bonds is 45. The van der Waals surface area contributed by atoms with Crippen LogP contribution in [0.15, 0.2) is 36.5 Å². The minimum atomic E-state index is -4.46. The van der Waals surface area contributed by atoms with Crippen molar-refractivity contribution in [2.24, 2.45) is 0 Å². The zero-order valence-corrected chi connectivity index (χ0v) is 41.2. The summed E-state index contributed by atoms with van der Waals surface area (Å²) in [5.41, 5.74) is 0. The number of nitrogens with zero attached hydrogens (tertiary/aromatic N) is 1. The number of allylic oxidation sites excluding steroid dienone is 5. The van der Waals surface area contributed by atoms with E-state index in [1.165, 1.54) is 116 Å². The topological polar surface area (TPSA) is 149 Å². The molecule has 0 aromatic heterocycles. The largest absolute Gasteiger partial charge is 0.472 e. The highest BCUT2D eigenvalue weighted by molar-refractivity contribution is 7.47. The highest BCUT2D eigenvalue weighted by Gasteiger charge is 2.27. The Labute approximate surface area is 379 Å². The summed E-state index contributed by atoms with van der Waals surface area (Å²) in [5, 5.41) is 20.8. The molecular formula is C50H95NO10P+. The number of unbranched alkanes of at least 4 members (excludes halogenated alkanes) is 21. The van der Waals surface area contributed by atoms with Crippen LogP contribution in [0.25, 0.3) is 0 Å². The summed E-state index contributed by atoms with van der Waals surface area (Å²) in [5.74, 6) is -1.08. The van der Waals surface area contributed by atoms with Crippen LogP contribution in [0.1, 0.15) is 206 Å². The second-order valence-corrected chi connectivity index (χ2v) is 19.6. The SMILES string of the molecule is CCCCC/C=C\C/C=C\C/C=C\CC(O)C(O)CCCC(=O)O[C@H](COC(=O)CCCCCCCCCCCCCCCCCCCCC)COP(=O)(O)OCC[N+](C)(C)C. The lowest BCUT2D eigenvalue weighted by Gasteiger charge is -2.24. The van der Waals surface area contributed by atoms with Crippen molar-refractivity contribution >= 4 is 19.8 Å². The number of likely N-dealkylation sites (N-methyl/N-ethyl adjacent to an activating group) is 1. The van der Waals surface area contributed by atoms with Gasteiger partial charge >= 0.3 is 19.8 Å². The molecule has 0 amide bonds. The third kappa shape index (κ3) is 43.4. The molecule has 4 atom stereocenters. The van der Waals surface area contributed by atoms with Crippen molar-refractivity contribution in [3.8, 4) is 0 Å². The van der Waals surface area contributed by atoms with E-state index in [-0.39, 0.29) is 38.9 Å². The number of ether oxygens (including phenoxy) is 2. The normalized spacial score (nSPS) is 14.8. The van der Waals surface area contributed by atoms with E-state index >= 15 is 0 Å². The van der Waals surface area contributed by atoms with Gasteiger partial charge in [0.15, 0.2) is 6.10 Å². The quantitative estimate of drug-likeness (QED) is 0.0177. The van der Waals surface area contributed by atoms with Gasteiger partial charge in [0.05, 0.1) is 40.0 Å². The maximum atomic E-state index is 12.8. The minimum Gasteiger partial charge on any atom is -0.462 e. The Morgan fingerprint density at radius 2 is 1.03 bits per heavy atom. The van der Waals surface area contributed by atoms with Gasteiger partial charge in [0.25, 0.3) is 0 Å². The summed E-state index contributed by atoms with van der Waals surface area (Å²) in [6.45, 7) is 4.08. The molecule has 0 radical (unpaired) electrons. The molecule has 0 bridgehead atoms. The third-order valence-electron chi connectivity index (χ3n) is 10.9. The number of aliphatic hydroxyl groups is 2. The van der Waals surface area contributed by atoms with Crippen LogP contribution in [0.5, 0.6) is 0 Å². The maximum Gasteiger partial charge on any atom is 0.472 e. The second kappa shape index (κ2) is 41.8. The first-order chi connectivity index (χ1) is 29.8. The molecule has 3 N–H and O–H groups in total. The van der Waals surface area contributed by atoms with Gasteiger partial charge in [-0.15, -0.1) is 0 Å². The van der Waals surface area contributed by atoms with E-state index in [1.54, 1.807) is 0 Å². The summed E-state index contributed by atoms with van der Waals surface area (Å²) in [7, 11) is 1.31. The third-order valence-corrected chi connectivity index (χ3v) is 11.9. The van der Waals surface area contributed by atoms with Crippen LogP contribution in [-0.2, 0) is 32.7 Å². The Morgan fingerprint density at radius 3 is 1.56 bits per heavy atom. The first-order valence-corrected chi connectivity index (χ1v) is 26.4. The molecule has 0 fully saturated rings. The number of carbonyl (C=O) groups is 2. The lowest BCUT2D eigenvalue weighted by atomic mass is 10.0. The van der Waals surface area contributed by atoms with Crippen molar-refractivity contribution in [3.05, 3.63) is 36.5 Å². The van der Waals surface area contributed by atoms with Gasteiger partial charge in [-0.25, -0.2) is 4.57 Å². The molecule has 11 nitrogen and oxygen atoms in total. The van der Waals surface area contributed by atoms with Gasteiger partial charge < -0.3 is 29.1 Å². The molecule has 12 heteroatoms. The average Bonchev–Trinajstić information content (AvgIpc) is 3.22. The van der Waals surface area contributed by atoms with E-state index in [4.69, 9.17) is 18.5 Å². The molecule has 0 heterocycles. The van der Waals surface area contributed by atoms with Crippen LogP contribution in [0, 0.1) is 0 Å². The molecular weight excluding hydrogens is 806 g/mol. The molecule has 364 valence electrons. The van der Waals surface area contributed by atoms with Gasteiger partial charge in [0, 0.05) is 12.8 Å². The highest BCUT2D eigenvalue weighted by atomic mass is 31.2. The number of hydrogen-bond acceptors (Lipinski definition) is 9. The summed E-state index contributed by atoms with van der Waals surface area (Å²) < 4.78 is 34.2. The fourth-order valence-electron chi connectivity index (χ4n) is 6.82. The first kappa shape index (κ1) is 60.2.